The van der Waals surface area contributed by atoms with Crippen LogP contribution in [-0.4, -0.2) is 25.7 Å². The van der Waals surface area contributed by atoms with Crippen LogP contribution in [-0.2, 0) is 11.0 Å². The van der Waals surface area contributed by atoms with E-state index < -0.39 is 29.8 Å². The third kappa shape index (κ3) is 3.61. The van der Waals surface area contributed by atoms with Crippen LogP contribution in [0.1, 0.15) is 24.4 Å². The molecule has 0 saturated heterocycles. The van der Waals surface area contributed by atoms with Crippen LogP contribution in [0.2, 0.25) is 0 Å². The maximum Gasteiger partial charge on any atom is 0.453 e. The minimum absolute atomic E-state index is 0.124. The predicted molar refractivity (Wildman–Crippen MR) is 98.8 cm³/mol. The van der Waals surface area contributed by atoms with Crippen LogP contribution >= 0.6 is 0 Å². The molecule has 0 saturated carbocycles. The first kappa shape index (κ1) is 19.6. The number of carbonyl (C=O) groups excluding carboxylic acids is 1. The maximum absolute atomic E-state index is 13.2. The third-order valence-electron chi connectivity index (χ3n) is 4.45. The summed E-state index contributed by atoms with van der Waals surface area (Å²) in [5, 5.41) is 8.93. The van der Waals surface area contributed by atoms with Gasteiger partial charge in [-0.1, -0.05) is 6.07 Å². The van der Waals surface area contributed by atoms with Gasteiger partial charge < -0.3 is 10.6 Å². The van der Waals surface area contributed by atoms with Crippen molar-refractivity contribution in [2.45, 2.75) is 19.1 Å². The fourth-order valence-electron chi connectivity index (χ4n) is 3.14. The molecule has 1 aliphatic heterocycles. The van der Waals surface area contributed by atoms with Crippen molar-refractivity contribution in [1.82, 2.24) is 19.7 Å². The minimum Gasteiger partial charge on any atom is -0.328 e. The van der Waals surface area contributed by atoms with E-state index in [2.05, 4.69) is 25.7 Å². The molecule has 154 valence electrons. The Kier molecular flexibility index (Phi) is 4.72. The Morgan fingerprint density at radius 2 is 1.93 bits per heavy atom. The molecule has 0 radical (unpaired) electrons. The van der Waals surface area contributed by atoms with Gasteiger partial charge in [-0.2, -0.15) is 18.2 Å². The number of aromatic nitrogens is 4. The normalized spacial score (nSPS) is 16.1. The van der Waals surface area contributed by atoms with Gasteiger partial charge in [-0.15, -0.1) is 5.10 Å². The van der Waals surface area contributed by atoms with Crippen molar-refractivity contribution in [3.63, 3.8) is 0 Å². The summed E-state index contributed by atoms with van der Waals surface area (Å²) >= 11 is 0. The highest BCUT2D eigenvalue weighted by Gasteiger charge is 2.41. The van der Waals surface area contributed by atoms with Gasteiger partial charge in [0, 0.05) is 23.8 Å². The highest BCUT2D eigenvalue weighted by atomic mass is 19.4. The van der Waals surface area contributed by atoms with Gasteiger partial charge >= 0.3 is 6.18 Å². The maximum atomic E-state index is 13.2. The van der Waals surface area contributed by atoms with Gasteiger partial charge in [-0.3, -0.25) is 9.78 Å². The van der Waals surface area contributed by atoms with E-state index in [0.29, 0.717) is 16.9 Å². The number of carbonyl (C=O) groups is 1. The number of hydrogen-bond donors (Lipinski definition) is 2. The number of allylic oxidation sites excluding steroid dienone is 1. The van der Waals surface area contributed by atoms with Crippen molar-refractivity contribution in [2.75, 3.05) is 10.6 Å². The second kappa shape index (κ2) is 7.25. The molecule has 11 heteroatoms. The van der Waals surface area contributed by atoms with Gasteiger partial charge in [0.2, 0.25) is 5.95 Å². The van der Waals surface area contributed by atoms with Crippen molar-refractivity contribution in [2.24, 2.45) is 0 Å². The van der Waals surface area contributed by atoms with Crippen molar-refractivity contribution in [1.29, 1.82) is 0 Å². The van der Waals surface area contributed by atoms with E-state index in [9.17, 15) is 22.4 Å². The van der Waals surface area contributed by atoms with Crippen LogP contribution in [0.5, 0.6) is 0 Å². The summed E-state index contributed by atoms with van der Waals surface area (Å²) in [4.78, 5) is 20.6. The number of fused-ring (bicyclic) bond motifs is 1. The number of alkyl halides is 3. The number of benzene rings is 1. The summed E-state index contributed by atoms with van der Waals surface area (Å²) in [6.07, 6.45) is -1.81. The molecule has 1 amide bonds. The lowest BCUT2D eigenvalue weighted by Crippen LogP contribution is -2.31. The Balaban J connectivity index is 1.78. The largest absolute Gasteiger partial charge is 0.453 e. The lowest BCUT2D eigenvalue weighted by Gasteiger charge is -2.28. The van der Waals surface area contributed by atoms with Crippen molar-refractivity contribution in [3.05, 3.63) is 77.3 Å². The fourth-order valence-corrected chi connectivity index (χ4v) is 3.14. The topological polar surface area (TPSA) is 84.7 Å². The van der Waals surface area contributed by atoms with E-state index in [0.717, 1.165) is 4.68 Å². The summed E-state index contributed by atoms with van der Waals surface area (Å²) in [6, 6.07) is 7.34. The standard InChI is InChI=1S/C19H14F4N6O/c1-10-14(16(30)26-13-6-4-12(20)5-7-13)15(11-3-2-8-24-9-11)29-18(25-10)27-17(28-29)19(21,22)23/h2-9,15H,1H3,(H,26,30)(H,25,27,28). The lowest BCUT2D eigenvalue weighted by atomic mass is 9.96. The molecule has 0 bridgehead atoms. The first-order chi connectivity index (χ1) is 14.2. The molecule has 1 atom stereocenters. The highest BCUT2D eigenvalue weighted by molar-refractivity contribution is 6.06. The molecule has 30 heavy (non-hydrogen) atoms. The second-order valence-corrected chi connectivity index (χ2v) is 6.51. The van der Waals surface area contributed by atoms with Crippen LogP contribution in [0.15, 0.2) is 60.1 Å². The van der Waals surface area contributed by atoms with Crippen molar-refractivity contribution < 1.29 is 22.4 Å². The molecule has 0 fully saturated rings. The molecule has 0 spiro atoms. The Bertz CT molecular complexity index is 1120. The number of rotatable bonds is 3. The van der Waals surface area contributed by atoms with Gasteiger partial charge in [0.05, 0.1) is 5.57 Å². The quantitative estimate of drug-likeness (QED) is 0.633. The zero-order valence-electron chi connectivity index (χ0n) is 15.4. The highest BCUT2D eigenvalue weighted by Crippen LogP contribution is 2.37. The summed E-state index contributed by atoms with van der Waals surface area (Å²) in [7, 11) is 0. The van der Waals surface area contributed by atoms with Crippen LogP contribution in [0.25, 0.3) is 0 Å². The Morgan fingerprint density at radius 3 is 2.57 bits per heavy atom. The smallest absolute Gasteiger partial charge is 0.328 e. The first-order valence-corrected chi connectivity index (χ1v) is 8.72. The lowest BCUT2D eigenvalue weighted by molar-refractivity contribution is -0.145. The minimum atomic E-state index is -4.75. The number of nitrogens with zero attached hydrogens (tertiary/aromatic N) is 4. The SMILES string of the molecule is CC1=C(C(=O)Nc2ccc(F)cc2)C(c2cccnc2)n2nc(C(F)(F)F)nc2N1. The van der Waals surface area contributed by atoms with Crippen LogP contribution in [0.3, 0.4) is 0 Å². The van der Waals surface area contributed by atoms with E-state index in [1.165, 1.54) is 36.7 Å². The number of anilines is 2. The zero-order valence-corrected chi connectivity index (χ0v) is 15.4. The summed E-state index contributed by atoms with van der Waals surface area (Å²) in [5.41, 5.74) is 1.20. The van der Waals surface area contributed by atoms with Gasteiger partial charge in [0.1, 0.15) is 11.9 Å². The number of pyridine rings is 1. The van der Waals surface area contributed by atoms with Crippen LogP contribution < -0.4 is 10.6 Å². The third-order valence-corrected chi connectivity index (χ3v) is 4.45. The van der Waals surface area contributed by atoms with Crippen molar-refractivity contribution in [3.8, 4) is 0 Å². The molecule has 3 aromatic rings. The Hall–Kier alpha value is -3.76. The van der Waals surface area contributed by atoms with E-state index in [-0.39, 0.29) is 11.5 Å². The van der Waals surface area contributed by atoms with Gasteiger partial charge in [-0.25, -0.2) is 9.07 Å². The van der Waals surface area contributed by atoms with E-state index >= 15 is 0 Å². The molecule has 2 aromatic heterocycles. The average Bonchev–Trinajstić information content (AvgIpc) is 3.13. The van der Waals surface area contributed by atoms with Gasteiger partial charge in [0.25, 0.3) is 11.7 Å². The first-order valence-electron chi connectivity index (χ1n) is 8.72. The fraction of sp³-hybridized carbons (Fsp3) is 0.158. The van der Waals surface area contributed by atoms with E-state index in [1.807, 2.05) is 0 Å². The van der Waals surface area contributed by atoms with Crippen LogP contribution in [0.4, 0.5) is 29.2 Å². The molecule has 1 aliphatic rings. The molecule has 3 heterocycles. The number of halogens is 4. The summed E-state index contributed by atoms with van der Waals surface area (Å²) < 4.78 is 53.7. The molecular formula is C19H14F4N6O. The monoisotopic (exact) mass is 418 g/mol. The van der Waals surface area contributed by atoms with E-state index in [1.54, 1.807) is 19.1 Å². The molecule has 2 N–H and O–H groups in total. The second-order valence-electron chi connectivity index (χ2n) is 6.51. The molecule has 7 nitrogen and oxygen atoms in total. The summed E-state index contributed by atoms with van der Waals surface area (Å²) in [6.45, 7) is 1.55. The molecule has 4 rings (SSSR count). The van der Waals surface area contributed by atoms with Gasteiger partial charge in [-0.05, 0) is 42.8 Å². The molecular weight excluding hydrogens is 404 g/mol. The zero-order chi connectivity index (χ0) is 21.5. The van der Waals surface area contributed by atoms with Gasteiger partial charge in [0.15, 0.2) is 0 Å². The number of nitrogens with one attached hydrogen (secondary N) is 2. The summed E-state index contributed by atoms with van der Waals surface area (Å²) in [5.74, 6) is -2.53. The van der Waals surface area contributed by atoms with Crippen LogP contribution in [0, 0.1) is 5.82 Å². The Labute approximate surface area is 167 Å². The van der Waals surface area contributed by atoms with E-state index in [4.69, 9.17) is 0 Å². The molecule has 1 unspecified atom stereocenters. The number of amides is 1. The van der Waals surface area contributed by atoms with Crippen molar-refractivity contribution >= 4 is 17.5 Å². The molecule has 0 aliphatic carbocycles. The Morgan fingerprint density at radius 1 is 1.20 bits per heavy atom. The molecule has 1 aromatic carbocycles. The average molecular weight is 418 g/mol. The predicted octanol–water partition coefficient (Wildman–Crippen LogP) is 3.76. The number of hydrogen-bond acceptors (Lipinski definition) is 5.